The predicted molar refractivity (Wildman–Crippen MR) is 157 cm³/mol. The van der Waals surface area contributed by atoms with E-state index in [2.05, 4.69) is 10.1 Å². The summed E-state index contributed by atoms with van der Waals surface area (Å²) in [6.45, 7) is 4.78. The standard InChI is InChI=1S/C31H30FN5O4S/c1-20-7-9-26(10-8-20)42(39,40)37-19-28(22-5-4-6-24(32)15-22)27-16-23(17-33-30(27)37)29-18-36(34-31(29)41-3)25-11-13-35(14-12-25)21(2)38/h4-10,15-19,25H,11-14H2,1-3H3. The van der Waals surface area contributed by atoms with E-state index >= 15 is 0 Å². The van der Waals surface area contributed by atoms with Crippen LogP contribution in [-0.4, -0.2) is 58.2 Å². The van der Waals surface area contributed by atoms with Crippen molar-refractivity contribution in [3.05, 3.63) is 84.6 Å². The van der Waals surface area contributed by atoms with Gasteiger partial charge in [-0.2, -0.15) is 0 Å². The van der Waals surface area contributed by atoms with E-state index in [0.29, 0.717) is 46.6 Å². The third-order valence-corrected chi connectivity index (χ3v) is 9.48. The molecule has 11 heteroatoms. The van der Waals surface area contributed by atoms with Gasteiger partial charge in [0.05, 0.1) is 23.6 Å². The summed E-state index contributed by atoms with van der Waals surface area (Å²) < 4.78 is 50.5. The molecule has 1 fully saturated rings. The Kier molecular flexibility index (Phi) is 7.05. The largest absolute Gasteiger partial charge is 0.479 e. The second-order valence-electron chi connectivity index (χ2n) is 10.5. The number of fused-ring (bicyclic) bond motifs is 1. The van der Waals surface area contributed by atoms with Crippen LogP contribution in [0.1, 0.15) is 31.4 Å². The molecule has 6 rings (SSSR count). The molecule has 1 aliphatic heterocycles. The first-order valence-corrected chi connectivity index (χ1v) is 15.1. The van der Waals surface area contributed by atoms with Crippen molar-refractivity contribution in [3.8, 4) is 28.1 Å². The Labute approximate surface area is 243 Å². The predicted octanol–water partition coefficient (Wildman–Crippen LogP) is 5.44. The quantitative estimate of drug-likeness (QED) is 0.262. The van der Waals surface area contributed by atoms with Crippen LogP contribution in [0.5, 0.6) is 5.88 Å². The van der Waals surface area contributed by atoms with E-state index < -0.39 is 15.8 Å². The Balaban J connectivity index is 1.47. The van der Waals surface area contributed by atoms with E-state index in [1.165, 1.54) is 18.3 Å². The number of hydrogen-bond acceptors (Lipinski definition) is 6. The lowest BCUT2D eigenvalue weighted by Gasteiger charge is -2.31. The summed E-state index contributed by atoms with van der Waals surface area (Å²) in [5.74, 6) is 0.0406. The molecule has 3 aromatic heterocycles. The third-order valence-electron chi connectivity index (χ3n) is 7.81. The minimum Gasteiger partial charge on any atom is -0.479 e. The van der Waals surface area contributed by atoms with E-state index in [4.69, 9.17) is 4.74 Å². The third kappa shape index (κ3) is 4.94. The van der Waals surface area contributed by atoms with Gasteiger partial charge < -0.3 is 9.64 Å². The maximum atomic E-state index is 14.3. The molecule has 1 saturated heterocycles. The maximum Gasteiger partial charge on any atom is 0.269 e. The summed E-state index contributed by atoms with van der Waals surface area (Å²) in [6.07, 6.45) is 6.53. The molecule has 5 aromatic rings. The lowest BCUT2D eigenvalue weighted by molar-refractivity contribution is -0.130. The van der Waals surface area contributed by atoms with Gasteiger partial charge in [0.25, 0.3) is 10.0 Å². The highest BCUT2D eigenvalue weighted by Gasteiger charge is 2.26. The molecule has 9 nitrogen and oxygen atoms in total. The van der Waals surface area contributed by atoms with Crippen LogP contribution in [0.3, 0.4) is 0 Å². The average Bonchev–Trinajstić information content (AvgIpc) is 3.60. The van der Waals surface area contributed by atoms with Gasteiger partial charge in [0.1, 0.15) is 5.82 Å². The number of aromatic nitrogens is 4. The number of likely N-dealkylation sites (tertiary alicyclic amines) is 1. The fraction of sp³-hybridized carbons (Fsp3) is 0.258. The molecule has 216 valence electrons. The van der Waals surface area contributed by atoms with Crippen LogP contribution < -0.4 is 4.74 Å². The van der Waals surface area contributed by atoms with Crippen molar-refractivity contribution in [2.45, 2.75) is 37.6 Å². The number of halogens is 1. The molecule has 0 bridgehead atoms. The van der Waals surface area contributed by atoms with Crippen LogP contribution in [0.4, 0.5) is 4.39 Å². The first-order valence-electron chi connectivity index (χ1n) is 13.6. The van der Waals surface area contributed by atoms with Crippen LogP contribution >= 0.6 is 0 Å². The van der Waals surface area contributed by atoms with E-state index in [9.17, 15) is 17.6 Å². The summed E-state index contributed by atoms with van der Waals surface area (Å²) in [6, 6.07) is 14.6. The number of hydrogen-bond donors (Lipinski definition) is 0. The zero-order chi connectivity index (χ0) is 29.6. The number of ether oxygens (including phenoxy) is 1. The van der Waals surface area contributed by atoms with Crippen molar-refractivity contribution in [3.63, 3.8) is 0 Å². The first kappa shape index (κ1) is 27.6. The second kappa shape index (κ2) is 10.7. The van der Waals surface area contributed by atoms with Crippen LogP contribution in [0, 0.1) is 12.7 Å². The number of methoxy groups -OCH3 is 1. The van der Waals surface area contributed by atoms with Gasteiger partial charge in [-0.1, -0.05) is 29.8 Å². The second-order valence-corrected chi connectivity index (χ2v) is 12.3. The Morgan fingerprint density at radius 1 is 1.00 bits per heavy atom. The highest BCUT2D eigenvalue weighted by molar-refractivity contribution is 7.90. The van der Waals surface area contributed by atoms with Crippen LogP contribution in [-0.2, 0) is 14.8 Å². The fourth-order valence-corrected chi connectivity index (χ4v) is 6.80. The number of rotatable bonds is 6. The average molecular weight is 588 g/mol. The lowest BCUT2D eigenvalue weighted by atomic mass is 10.0. The Morgan fingerprint density at radius 3 is 2.40 bits per heavy atom. The van der Waals surface area contributed by atoms with Crippen LogP contribution in [0.15, 0.2) is 78.1 Å². The number of nitrogens with zero attached hydrogens (tertiary/aromatic N) is 5. The zero-order valence-electron chi connectivity index (χ0n) is 23.5. The molecule has 4 heterocycles. The van der Waals surface area contributed by atoms with E-state index in [1.54, 1.807) is 56.6 Å². The summed E-state index contributed by atoms with van der Waals surface area (Å²) in [7, 11) is -2.45. The van der Waals surface area contributed by atoms with Gasteiger partial charge in [-0.25, -0.2) is 21.8 Å². The number of piperidine rings is 1. The normalized spacial score (nSPS) is 14.4. The molecule has 0 radical (unpaired) electrons. The molecule has 1 amide bonds. The molecular weight excluding hydrogens is 557 g/mol. The molecule has 0 atom stereocenters. The van der Waals surface area contributed by atoms with Crippen molar-refractivity contribution in [2.75, 3.05) is 20.2 Å². The van der Waals surface area contributed by atoms with Crippen molar-refractivity contribution in [1.29, 1.82) is 0 Å². The lowest BCUT2D eigenvalue weighted by Crippen LogP contribution is -2.37. The van der Waals surface area contributed by atoms with E-state index in [1.807, 2.05) is 28.8 Å². The summed E-state index contributed by atoms with van der Waals surface area (Å²) in [5, 5.41) is 5.21. The van der Waals surface area contributed by atoms with Crippen molar-refractivity contribution < 1.29 is 22.3 Å². The SMILES string of the molecule is COc1nn(C2CCN(C(C)=O)CC2)cc1-c1cnc2c(c1)c(-c1cccc(F)c1)cn2S(=O)(=O)c1ccc(C)cc1. The van der Waals surface area contributed by atoms with Gasteiger partial charge in [-0.05, 0) is 55.7 Å². The Bertz CT molecular complexity index is 1910. The topological polar surface area (TPSA) is 99.3 Å². The smallest absolute Gasteiger partial charge is 0.269 e. The highest BCUT2D eigenvalue weighted by Crippen LogP contribution is 2.38. The number of amides is 1. The number of carbonyl (C=O) groups is 1. The Hall–Kier alpha value is -4.51. The summed E-state index contributed by atoms with van der Waals surface area (Å²) in [4.78, 5) is 18.3. The fourth-order valence-electron chi connectivity index (χ4n) is 5.48. The van der Waals surface area contributed by atoms with Gasteiger partial charge in [-0.3, -0.25) is 9.48 Å². The molecule has 1 aliphatic rings. The van der Waals surface area contributed by atoms with Gasteiger partial charge in [-0.15, -0.1) is 5.10 Å². The number of carbonyl (C=O) groups excluding carboxylic acids is 1. The molecule has 0 saturated carbocycles. The molecule has 0 spiro atoms. The molecule has 0 unspecified atom stereocenters. The molecule has 0 N–H and O–H groups in total. The number of aryl methyl sites for hydroxylation is 1. The molecular formula is C31H30FN5O4S. The monoisotopic (exact) mass is 587 g/mol. The van der Waals surface area contributed by atoms with Gasteiger partial charge in [0.15, 0.2) is 5.65 Å². The highest BCUT2D eigenvalue weighted by atomic mass is 32.2. The molecule has 42 heavy (non-hydrogen) atoms. The summed E-state index contributed by atoms with van der Waals surface area (Å²) in [5.41, 5.74) is 3.58. The number of pyridine rings is 1. The van der Waals surface area contributed by atoms with Crippen molar-refractivity contribution in [2.24, 2.45) is 0 Å². The van der Waals surface area contributed by atoms with E-state index in [0.717, 1.165) is 22.4 Å². The van der Waals surface area contributed by atoms with Gasteiger partial charge >= 0.3 is 0 Å². The molecule has 0 aliphatic carbocycles. The number of benzene rings is 2. The molecule has 2 aromatic carbocycles. The minimum absolute atomic E-state index is 0.0667. The minimum atomic E-state index is -4.00. The maximum absolute atomic E-state index is 14.3. The zero-order valence-corrected chi connectivity index (χ0v) is 24.3. The van der Waals surface area contributed by atoms with E-state index in [-0.39, 0.29) is 22.5 Å². The van der Waals surface area contributed by atoms with Gasteiger partial charge in [0.2, 0.25) is 11.8 Å². The first-order chi connectivity index (χ1) is 20.2. The van der Waals surface area contributed by atoms with Crippen LogP contribution in [0.2, 0.25) is 0 Å². The van der Waals surface area contributed by atoms with Gasteiger partial charge in [0, 0.05) is 55.1 Å². The Morgan fingerprint density at radius 2 is 1.74 bits per heavy atom. The van der Waals surface area contributed by atoms with Crippen LogP contribution in [0.25, 0.3) is 33.3 Å². The van der Waals surface area contributed by atoms with Crippen molar-refractivity contribution in [1.82, 2.24) is 23.6 Å². The summed E-state index contributed by atoms with van der Waals surface area (Å²) >= 11 is 0. The van der Waals surface area contributed by atoms with Crippen molar-refractivity contribution >= 4 is 27.0 Å².